The Kier molecular flexibility index (Phi) is 5.40. The predicted molar refractivity (Wildman–Crippen MR) is 186 cm³/mol. The van der Waals surface area contributed by atoms with Gasteiger partial charge >= 0.3 is 11.3 Å². The zero-order valence-electron chi connectivity index (χ0n) is 28.8. The Labute approximate surface area is 270 Å². The van der Waals surface area contributed by atoms with Crippen molar-refractivity contribution in [3.8, 4) is 11.1 Å². The van der Waals surface area contributed by atoms with Gasteiger partial charge in [0.1, 0.15) is 11.2 Å². The Bertz CT molecular complexity index is 2170. The largest absolute Gasteiger partial charge is 0.422 e. The average molecular weight is 619 g/mol. The molecule has 0 bridgehead atoms. The van der Waals surface area contributed by atoms with Gasteiger partial charge in [-0.05, 0) is 89.0 Å². The van der Waals surface area contributed by atoms with Crippen molar-refractivity contribution < 1.29 is 8.83 Å². The summed E-state index contributed by atoms with van der Waals surface area (Å²) in [6, 6.07) is 4.61. The minimum Gasteiger partial charge on any atom is -0.422 e. The molecule has 240 valence electrons. The number of aryl methyl sites for hydroxylation is 1. The highest BCUT2D eigenvalue weighted by molar-refractivity contribution is 6.04. The summed E-state index contributed by atoms with van der Waals surface area (Å²) in [5.41, 5.74) is 10.9. The SMILES string of the molecule is CC1(C)CCN2CCC(C)(C)c3c2c1cc1c2c(c(=O)oc31)-c1c(c(=O)oc3c4c5c(cc13)C(C)(C)CCN5CCC4(C)C)CC2. The molecule has 0 fully saturated rings. The molecular formula is C40H46N2O4. The van der Waals surface area contributed by atoms with Gasteiger partial charge in [-0.1, -0.05) is 55.4 Å². The molecule has 6 heterocycles. The van der Waals surface area contributed by atoms with E-state index in [0.29, 0.717) is 29.6 Å². The Morgan fingerprint density at radius 3 is 1.52 bits per heavy atom. The molecular weight excluding hydrogens is 572 g/mol. The van der Waals surface area contributed by atoms with E-state index < -0.39 is 0 Å². The van der Waals surface area contributed by atoms with E-state index >= 15 is 0 Å². The van der Waals surface area contributed by atoms with E-state index in [2.05, 4.69) is 77.3 Å². The fraction of sp³-hybridized carbons (Fsp3) is 0.550. The lowest BCUT2D eigenvalue weighted by atomic mass is 9.68. The Hall–Kier alpha value is -3.54. The molecule has 4 aromatic rings. The Morgan fingerprint density at radius 2 is 0.978 bits per heavy atom. The minimum atomic E-state index is -0.332. The molecule has 0 amide bonds. The number of fused-ring (bicyclic) bond motifs is 9. The molecule has 5 aliphatic rings. The summed E-state index contributed by atoms with van der Waals surface area (Å²) in [5, 5.41) is 1.94. The third-order valence-corrected chi connectivity index (χ3v) is 12.9. The van der Waals surface area contributed by atoms with Crippen LogP contribution in [0, 0.1) is 0 Å². The first-order chi connectivity index (χ1) is 21.6. The monoisotopic (exact) mass is 618 g/mol. The zero-order chi connectivity index (χ0) is 32.3. The third-order valence-electron chi connectivity index (χ3n) is 12.9. The normalized spacial score (nSPS) is 22.7. The molecule has 2 aromatic heterocycles. The lowest BCUT2D eigenvalue weighted by molar-refractivity contribution is 0.398. The quantitative estimate of drug-likeness (QED) is 0.186. The summed E-state index contributed by atoms with van der Waals surface area (Å²) in [6.07, 6.45) is 5.33. The third kappa shape index (κ3) is 3.54. The first-order valence-electron chi connectivity index (χ1n) is 17.5. The smallest absolute Gasteiger partial charge is 0.344 e. The van der Waals surface area contributed by atoms with Crippen molar-refractivity contribution in [2.24, 2.45) is 0 Å². The van der Waals surface area contributed by atoms with Crippen LogP contribution in [0.5, 0.6) is 0 Å². The van der Waals surface area contributed by atoms with Crippen molar-refractivity contribution in [2.45, 2.75) is 116 Å². The molecule has 0 saturated heterocycles. The van der Waals surface area contributed by atoms with Crippen LogP contribution in [-0.2, 0) is 34.5 Å². The molecule has 0 radical (unpaired) electrons. The van der Waals surface area contributed by atoms with Crippen molar-refractivity contribution in [1.29, 1.82) is 0 Å². The van der Waals surface area contributed by atoms with Gasteiger partial charge in [0.2, 0.25) is 0 Å². The molecule has 46 heavy (non-hydrogen) atoms. The van der Waals surface area contributed by atoms with Crippen molar-refractivity contribution in [3.63, 3.8) is 0 Å². The van der Waals surface area contributed by atoms with Gasteiger partial charge in [-0.25, -0.2) is 9.59 Å². The second-order valence-electron chi connectivity index (χ2n) is 17.5. The summed E-state index contributed by atoms with van der Waals surface area (Å²) in [7, 11) is 0. The van der Waals surface area contributed by atoms with Crippen LogP contribution >= 0.6 is 0 Å². The van der Waals surface area contributed by atoms with E-state index in [1.165, 1.54) is 28.1 Å². The number of anilines is 2. The van der Waals surface area contributed by atoms with Crippen LogP contribution in [0.4, 0.5) is 11.4 Å². The minimum absolute atomic E-state index is 0.0102. The molecule has 0 N–H and O–H groups in total. The fourth-order valence-corrected chi connectivity index (χ4v) is 9.82. The van der Waals surface area contributed by atoms with Crippen LogP contribution in [0.15, 0.2) is 30.6 Å². The second-order valence-corrected chi connectivity index (χ2v) is 17.5. The maximum atomic E-state index is 14.5. The Balaban J connectivity index is 1.43. The number of benzene rings is 2. The molecule has 9 rings (SSSR count). The van der Waals surface area contributed by atoms with Gasteiger partial charge in [0, 0.05) is 70.6 Å². The maximum Gasteiger partial charge on any atom is 0.344 e. The Morgan fingerprint density at radius 1 is 0.543 bits per heavy atom. The van der Waals surface area contributed by atoms with Crippen molar-refractivity contribution >= 4 is 33.3 Å². The molecule has 6 heteroatoms. The van der Waals surface area contributed by atoms with E-state index in [4.69, 9.17) is 8.83 Å². The van der Waals surface area contributed by atoms with Crippen LogP contribution in [0.1, 0.15) is 114 Å². The van der Waals surface area contributed by atoms with Crippen LogP contribution in [0.2, 0.25) is 0 Å². The van der Waals surface area contributed by atoms with E-state index in [0.717, 1.165) is 84.9 Å². The molecule has 6 nitrogen and oxygen atoms in total. The second kappa shape index (κ2) is 8.67. The topological polar surface area (TPSA) is 66.9 Å². The van der Waals surface area contributed by atoms with Gasteiger partial charge in [0.25, 0.3) is 0 Å². The van der Waals surface area contributed by atoms with Gasteiger partial charge in [-0.3, -0.25) is 0 Å². The highest BCUT2D eigenvalue weighted by Gasteiger charge is 2.45. The maximum absolute atomic E-state index is 14.5. The fourth-order valence-electron chi connectivity index (χ4n) is 9.82. The summed E-state index contributed by atoms with van der Waals surface area (Å²) in [6.45, 7) is 22.6. The van der Waals surface area contributed by atoms with Gasteiger partial charge in [-0.2, -0.15) is 0 Å². The van der Waals surface area contributed by atoms with E-state index in [-0.39, 0.29) is 32.9 Å². The summed E-state index contributed by atoms with van der Waals surface area (Å²) >= 11 is 0. The van der Waals surface area contributed by atoms with Crippen molar-refractivity contribution in [3.05, 3.63) is 66.4 Å². The first-order valence-corrected chi connectivity index (χ1v) is 17.5. The predicted octanol–water partition coefficient (Wildman–Crippen LogP) is 8.00. The molecule has 0 spiro atoms. The van der Waals surface area contributed by atoms with E-state index in [1.807, 2.05) is 0 Å². The van der Waals surface area contributed by atoms with Gasteiger partial charge in [-0.15, -0.1) is 0 Å². The number of hydrogen-bond donors (Lipinski definition) is 0. The average Bonchev–Trinajstić information content (AvgIpc) is 2.98. The lowest BCUT2D eigenvalue weighted by Crippen LogP contribution is -2.45. The molecule has 0 unspecified atom stereocenters. The van der Waals surface area contributed by atoms with Gasteiger partial charge < -0.3 is 18.6 Å². The lowest BCUT2D eigenvalue weighted by Gasteiger charge is -2.48. The summed E-state index contributed by atoms with van der Waals surface area (Å²) in [4.78, 5) is 33.5. The first kappa shape index (κ1) is 28.7. The highest BCUT2D eigenvalue weighted by Crippen LogP contribution is 2.55. The molecule has 4 aliphatic heterocycles. The number of hydrogen-bond acceptors (Lipinski definition) is 6. The van der Waals surface area contributed by atoms with Gasteiger partial charge in [0.15, 0.2) is 0 Å². The van der Waals surface area contributed by atoms with Crippen molar-refractivity contribution in [2.75, 3.05) is 36.0 Å². The van der Waals surface area contributed by atoms with Crippen LogP contribution in [-0.4, -0.2) is 26.2 Å². The molecule has 2 aromatic carbocycles. The zero-order valence-corrected chi connectivity index (χ0v) is 28.8. The van der Waals surface area contributed by atoms with Gasteiger partial charge in [0.05, 0.1) is 5.56 Å². The number of rotatable bonds is 0. The van der Waals surface area contributed by atoms with Crippen LogP contribution in [0.3, 0.4) is 0 Å². The standard InChI is InChI=1S/C40H46N2O4/c1-37(2)11-15-41-17-13-39(5,6)29-31(41)25(37)19-23-21-9-10-22-27(28(21)36(44)46-33(23)29)24-20-26-32-30(34(24)45-35(22)43)40(7,8)14-18-42(32)16-12-38(26,3)4/h19-20H,9-18H2,1-8H3. The van der Waals surface area contributed by atoms with Crippen molar-refractivity contribution in [1.82, 2.24) is 0 Å². The van der Waals surface area contributed by atoms with Crippen LogP contribution in [0.25, 0.3) is 33.1 Å². The molecule has 1 aliphatic carbocycles. The number of nitrogens with zero attached hydrogens (tertiary/aromatic N) is 2. The molecule has 0 atom stereocenters. The van der Waals surface area contributed by atoms with E-state index in [9.17, 15) is 9.59 Å². The molecule has 0 saturated carbocycles. The summed E-state index contributed by atoms with van der Waals surface area (Å²) < 4.78 is 12.9. The van der Waals surface area contributed by atoms with E-state index in [1.54, 1.807) is 0 Å². The highest BCUT2D eigenvalue weighted by atomic mass is 16.4. The summed E-state index contributed by atoms with van der Waals surface area (Å²) in [5.74, 6) is 0. The van der Waals surface area contributed by atoms with Crippen LogP contribution < -0.4 is 21.1 Å².